The molecule has 0 fully saturated rings. The maximum Gasteiger partial charge on any atom is 0.338 e. The van der Waals surface area contributed by atoms with Crippen LogP contribution in [0.2, 0.25) is 0 Å². The highest BCUT2D eigenvalue weighted by atomic mass is 16.5. The van der Waals surface area contributed by atoms with E-state index in [1.807, 2.05) is 6.92 Å². The zero-order chi connectivity index (χ0) is 17.7. The van der Waals surface area contributed by atoms with Crippen LogP contribution in [0.25, 0.3) is 0 Å². The molecule has 0 aromatic heterocycles. The van der Waals surface area contributed by atoms with Crippen molar-refractivity contribution in [3.63, 3.8) is 0 Å². The van der Waals surface area contributed by atoms with Crippen molar-refractivity contribution in [2.75, 3.05) is 14.2 Å². The van der Waals surface area contributed by atoms with E-state index in [1.165, 1.54) is 7.11 Å². The van der Waals surface area contributed by atoms with Gasteiger partial charge in [-0.2, -0.15) is 0 Å². The number of methoxy groups -OCH3 is 2. The number of benzene rings is 2. The summed E-state index contributed by atoms with van der Waals surface area (Å²) >= 11 is 0. The van der Waals surface area contributed by atoms with Gasteiger partial charge >= 0.3 is 5.97 Å². The van der Waals surface area contributed by atoms with E-state index in [2.05, 4.69) is 0 Å². The molecule has 2 aromatic carbocycles. The van der Waals surface area contributed by atoms with Gasteiger partial charge in [0.25, 0.3) is 0 Å². The third-order valence-corrected chi connectivity index (χ3v) is 3.67. The van der Waals surface area contributed by atoms with E-state index in [0.29, 0.717) is 22.6 Å². The van der Waals surface area contributed by atoms with Gasteiger partial charge in [-0.1, -0.05) is 6.07 Å². The molecule has 5 heteroatoms. The summed E-state index contributed by atoms with van der Waals surface area (Å²) in [6, 6.07) is 11.7. The molecule has 0 radical (unpaired) electrons. The number of carbonyl (C=O) groups excluding carboxylic acids is 2. The first kappa shape index (κ1) is 17.5. The first-order chi connectivity index (χ1) is 11.5. The number of hydrogen-bond donors (Lipinski definition) is 0. The molecule has 1 unspecified atom stereocenters. The topological polar surface area (TPSA) is 61.8 Å². The average Bonchev–Trinajstić information content (AvgIpc) is 2.61. The highest BCUT2D eigenvalue weighted by Gasteiger charge is 2.21. The van der Waals surface area contributed by atoms with Gasteiger partial charge in [-0.3, -0.25) is 4.79 Å². The molecule has 0 aliphatic heterocycles. The van der Waals surface area contributed by atoms with Gasteiger partial charge in [0.05, 0.1) is 19.8 Å². The summed E-state index contributed by atoms with van der Waals surface area (Å²) < 4.78 is 15.5. The van der Waals surface area contributed by atoms with Gasteiger partial charge in [0.1, 0.15) is 11.5 Å². The van der Waals surface area contributed by atoms with E-state index >= 15 is 0 Å². The Bertz CT molecular complexity index is 734. The molecule has 0 N–H and O–H groups in total. The van der Waals surface area contributed by atoms with Gasteiger partial charge < -0.3 is 14.2 Å². The molecule has 0 saturated heterocycles. The third kappa shape index (κ3) is 3.93. The van der Waals surface area contributed by atoms with Crippen LogP contribution in [-0.4, -0.2) is 32.1 Å². The summed E-state index contributed by atoms with van der Waals surface area (Å²) in [5, 5.41) is 0. The van der Waals surface area contributed by atoms with Crippen LogP contribution in [0.4, 0.5) is 0 Å². The molecule has 126 valence electrons. The van der Waals surface area contributed by atoms with Crippen molar-refractivity contribution in [2.24, 2.45) is 0 Å². The smallest absolute Gasteiger partial charge is 0.338 e. The number of Topliss-reactive ketones (excluding diaryl/α,β-unsaturated/α-hetero) is 1. The lowest BCUT2D eigenvalue weighted by Gasteiger charge is -2.13. The monoisotopic (exact) mass is 328 g/mol. The van der Waals surface area contributed by atoms with Crippen molar-refractivity contribution in [3.05, 3.63) is 59.2 Å². The normalized spacial score (nSPS) is 11.5. The zero-order valence-corrected chi connectivity index (χ0v) is 14.2. The van der Waals surface area contributed by atoms with Crippen molar-refractivity contribution in [1.29, 1.82) is 0 Å². The minimum atomic E-state index is -0.891. The van der Waals surface area contributed by atoms with Gasteiger partial charge in [-0.15, -0.1) is 0 Å². The molecule has 0 spiro atoms. The van der Waals surface area contributed by atoms with Gasteiger partial charge in [0.2, 0.25) is 5.78 Å². The summed E-state index contributed by atoms with van der Waals surface area (Å²) in [5.74, 6) is 0.411. The number of aryl methyl sites for hydroxylation is 1. The maximum atomic E-state index is 12.3. The number of carbonyl (C=O) groups is 2. The molecule has 0 aliphatic rings. The minimum Gasteiger partial charge on any atom is -0.497 e. The maximum absolute atomic E-state index is 12.3. The van der Waals surface area contributed by atoms with Crippen molar-refractivity contribution in [3.8, 4) is 11.5 Å². The first-order valence-electron chi connectivity index (χ1n) is 7.50. The lowest BCUT2D eigenvalue weighted by molar-refractivity contribution is 0.0318. The molecule has 5 nitrogen and oxygen atoms in total. The van der Waals surface area contributed by atoms with Crippen LogP contribution >= 0.6 is 0 Å². The number of ether oxygens (including phenoxy) is 3. The molecular weight excluding hydrogens is 308 g/mol. The standard InChI is InChI=1S/C19H20O5/c1-12-5-6-15(11-17(12)23-4)19(21)24-13(2)18(20)14-7-9-16(22-3)10-8-14/h5-11,13H,1-4H3. The Morgan fingerprint density at radius 2 is 1.54 bits per heavy atom. The number of rotatable bonds is 6. The second-order valence-corrected chi connectivity index (χ2v) is 5.32. The van der Waals surface area contributed by atoms with E-state index in [1.54, 1.807) is 56.5 Å². The molecule has 2 rings (SSSR count). The van der Waals surface area contributed by atoms with Crippen LogP contribution in [0.15, 0.2) is 42.5 Å². The Morgan fingerprint density at radius 3 is 2.12 bits per heavy atom. The van der Waals surface area contributed by atoms with Crippen LogP contribution in [0.3, 0.4) is 0 Å². The largest absolute Gasteiger partial charge is 0.497 e. The highest BCUT2D eigenvalue weighted by Crippen LogP contribution is 2.20. The predicted octanol–water partition coefficient (Wildman–Crippen LogP) is 3.44. The molecule has 0 bridgehead atoms. The third-order valence-electron chi connectivity index (χ3n) is 3.67. The van der Waals surface area contributed by atoms with Gasteiger partial charge in [-0.05, 0) is 55.8 Å². The Morgan fingerprint density at radius 1 is 0.917 bits per heavy atom. The average molecular weight is 328 g/mol. The Labute approximate surface area is 141 Å². The zero-order valence-electron chi connectivity index (χ0n) is 14.2. The van der Waals surface area contributed by atoms with Crippen LogP contribution in [0.1, 0.15) is 33.2 Å². The Kier molecular flexibility index (Phi) is 5.58. The fourth-order valence-electron chi connectivity index (χ4n) is 2.22. The number of esters is 1. The van der Waals surface area contributed by atoms with Crippen LogP contribution in [-0.2, 0) is 4.74 Å². The Hall–Kier alpha value is -2.82. The van der Waals surface area contributed by atoms with Crippen LogP contribution < -0.4 is 9.47 Å². The highest BCUT2D eigenvalue weighted by molar-refractivity contribution is 6.01. The minimum absolute atomic E-state index is 0.273. The lowest BCUT2D eigenvalue weighted by atomic mass is 10.1. The number of hydrogen-bond acceptors (Lipinski definition) is 5. The lowest BCUT2D eigenvalue weighted by Crippen LogP contribution is -2.24. The molecule has 0 heterocycles. The fourth-order valence-corrected chi connectivity index (χ4v) is 2.22. The van der Waals surface area contributed by atoms with Gasteiger partial charge in [-0.25, -0.2) is 4.79 Å². The van der Waals surface area contributed by atoms with Crippen molar-refractivity contribution >= 4 is 11.8 Å². The van der Waals surface area contributed by atoms with Gasteiger partial charge in [0, 0.05) is 5.56 Å². The first-order valence-corrected chi connectivity index (χ1v) is 7.50. The van der Waals surface area contributed by atoms with Crippen LogP contribution in [0, 0.1) is 6.92 Å². The van der Waals surface area contributed by atoms with E-state index < -0.39 is 12.1 Å². The van der Waals surface area contributed by atoms with E-state index in [-0.39, 0.29) is 5.78 Å². The van der Waals surface area contributed by atoms with Crippen molar-refractivity contribution in [1.82, 2.24) is 0 Å². The fraction of sp³-hybridized carbons (Fsp3) is 0.263. The van der Waals surface area contributed by atoms with E-state index in [4.69, 9.17) is 14.2 Å². The predicted molar refractivity (Wildman–Crippen MR) is 89.9 cm³/mol. The molecule has 0 aliphatic carbocycles. The van der Waals surface area contributed by atoms with E-state index in [9.17, 15) is 9.59 Å². The van der Waals surface area contributed by atoms with Crippen molar-refractivity contribution < 1.29 is 23.8 Å². The quantitative estimate of drug-likeness (QED) is 0.600. The van der Waals surface area contributed by atoms with E-state index in [0.717, 1.165) is 5.56 Å². The summed E-state index contributed by atoms with van der Waals surface area (Å²) in [7, 11) is 3.09. The SMILES string of the molecule is COc1ccc(C(=O)C(C)OC(=O)c2ccc(C)c(OC)c2)cc1. The van der Waals surface area contributed by atoms with Crippen molar-refractivity contribution in [2.45, 2.75) is 20.0 Å². The molecule has 0 saturated carbocycles. The summed E-state index contributed by atoms with van der Waals surface area (Å²) in [6.07, 6.45) is -0.891. The molecule has 1 atom stereocenters. The molecule has 24 heavy (non-hydrogen) atoms. The summed E-state index contributed by atoms with van der Waals surface area (Å²) in [5.41, 5.74) is 1.71. The van der Waals surface area contributed by atoms with Crippen LogP contribution in [0.5, 0.6) is 11.5 Å². The molecular formula is C19H20O5. The molecule has 2 aromatic rings. The summed E-state index contributed by atoms with van der Waals surface area (Å²) in [6.45, 7) is 3.43. The second kappa shape index (κ2) is 7.64. The van der Waals surface area contributed by atoms with Gasteiger partial charge in [0.15, 0.2) is 6.10 Å². The Balaban J connectivity index is 2.08. The number of ketones is 1. The second-order valence-electron chi connectivity index (χ2n) is 5.32. The molecule has 0 amide bonds. The summed E-state index contributed by atoms with van der Waals surface area (Å²) in [4.78, 5) is 24.6.